The van der Waals surface area contributed by atoms with Crippen molar-refractivity contribution in [1.29, 1.82) is 0 Å². The van der Waals surface area contributed by atoms with E-state index in [4.69, 9.17) is 16.1 Å². The zero-order valence-electron chi connectivity index (χ0n) is 21.5. The number of likely N-dealkylation sites (tertiary alicyclic amines) is 2. The molecule has 37 heavy (non-hydrogen) atoms. The summed E-state index contributed by atoms with van der Waals surface area (Å²) in [5.41, 5.74) is 3.34. The average Bonchev–Trinajstić information content (AvgIpc) is 3.38. The number of nitrogens with one attached hydrogen (secondary N) is 1. The van der Waals surface area contributed by atoms with Crippen molar-refractivity contribution in [2.75, 3.05) is 26.2 Å². The Balaban J connectivity index is 1.08. The summed E-state index contributed by atoms with van der Waals surface area (Å²) in [6.45, 7) is 8.45. The maximum Gasteiger partial charge on any atom is 0.241 e. The molecule has 0 saturated carbocycles. The highest BCUT2D eigenvalue weighted by molar-refractivity contribution is 6.30. The Hall–Kier alpha value is -2.74. The lowest BCUT2D eigenvalue weighted by atomic mass is 9.97. The Morgan fingerprint density at radius 3 is 2.46 bits per heavy atom. The molecule has 3 heterocycles. The Morgan fingerprint density at radius 1 is 0.973 bits per heavy atom. The molecule has 1 aromatic heterocycles. The zero-order valence-corrected chi connectivity index (χ0v) is 22.3. The number of carbonyl (C=O) groups excluding carboxylic acids is 1. The van der Waals surface area contributed by atoms with Gasteiger partial charge in [0.1, 0.15) is 0 Å². The minimum absolute atomic E-state index is 0.0341. The number of aromatic nitrogens is 2. The third-order valence-corrected chi connectivity index (χ3v) is 7.83. The summed E-state index contributed by atoms with van der Waals surface area (Å²) in [7, 11) is 0. The monoisotopic (exact) mass is 521 g/mol. The van der Waals surface area contributed by atoms with Crippen LogP contribution < -0.4 is 5.32 Å². The van der Waals surface area contributed by atoms with Gasteiger partial charge in [0.15, 0.2) is 0 Å². The van der Waals surface area contributed by atoms with Gasteiger partial charge in [-0.05, 0) is 86.6 Å². The van der Waals surface area contributed by atoms with Crippen LogP contribution in [0.15, 0.2) is 53.1 Å². The minimum Gasteiger partial charge on any atom is -0.352 e. The average molecular weight is 522 g/mol. The molecule has 5 rings (SSSR count). The highest BCUT2D eigenvalue weighted by atomic mass is 35.5. The molecule has 196 valence electrons. The van der Waals surface area contributed by atoms with E-state index in [0.29, 0.717) is 36.4 Å². The van der Waals surface area contributed by atoms with E-state index in [-0.39, 0.29) is 11.8 Å². The van der Waals surface area contributed by atoms with Crippen LogP contribution in [-0.4, -0.2) is 52.0 Å². The van der Waals surface area contributed by atoms with E-state index in [0.717, 1.165) is 43.0 Å². The number of hydrogen-bond acceptors (Lipinski definition) is 6. The van der Waals surface area contributed by atoms with Gasteiger partial charge in [-0.2, -0.15) is 4.98 Å². The van der Waals surface area contributed by atoms with Gasteiger partial charge in [-0.3, -0.25) is 14.6 Å². The molecule has 7 nitrogen and oxygen atoms in total. The van der Waals surface area contributed by atoms with Crippen LogP contribution in [0, 0.1) is 11.8 Å². The van der Waals surface area contributed by atoms with Crippen molar-refractivity contribution in [3.8, 4) is 11.4 Å². The number of rotatable bonds is 8. The molecule has 0 aliphatic carbocycles. The molecule has 0 radical (unpaired) electrons. The number of benzene rings is 2. The minimum atomic E-state index is -0.0341. The molecular formula is C29H36ClN5O2. The second-order valence-corrected chi connectivity index (χ2v) is 11.0. The van der Waals surface area contributed by atoms with Crippen LogP contribution in [0.1, 0.15) is 49.6 Å². The molecule has 2 aliphatic rings. The second kappa shape index (κ2) is 12.2. The van der Waals surface area contributed by atoms with Crippen LogP contribution in [0.5, 0.6) is 0 Å². The first-order valence-corrected chi connectivity index (χ1v) is 13.8. The predicted molar refractivity (Wildman–Crippen MR) is 145 cm³/mol. The molecule has 2 saturated heterocycles. The van der Waals surface area contributed by atoms with E-state index in [1.54, 1.807) is 0 Å². The van der Waals surface area contributed by atoms with Crippen LogP contribution in [0.4, 0.5) is 0 Å². The van der Waals surface area contributed by atoms with E-state index in [9.17, 15) is 4.79 Å². The molecule has 1 amide bonds. The van der Waals surface area contributed by atoms with Gasteiger partial charge in [0.05, 0.1) is 12.5 Å². The molecule has 1 atom stereocenters. The van der Waals surface area contributed by atoms with Crippen molar-refractivity contribution in [3.63, 3.8) is 0 Å². The van der Waals surface area contributed by atoms with Gasteiger partial charge in [-0.15, -0.1) is 0 Å². The van der Waals surface area contributed by atoms with E-state index < -0.39 is 0 Å². The fraction of sp³-hybridized carbons (Fsp3) is 0.483. The first kappa shape index (κ1) is 25.9. The van der Waals surface area contributed by atoms with Crippen LogP contribution >= 0.6 is 11.6 Å². The molecular weight excluding hydrogens is 486 g/mol. The lowest BCUT2D eigenvalue weighted by Crippen LogP contribution is -2.42. The number of halogens is 1. The van der Waals surface area contributed by atoms with E-state index >= 15 is 0 Å². The first-order valence-electron chi connectivity index (χ1n) is 13.4. The smallest absolute Gasteiger partial charge is 0.241 e. The Labute approximate surface area is 224 Å². The summed E-state index contributed by atoms with van der Waals surface area (Å²) < 4.78 is 5.48. The Kier molecular flexibility index (Phi) is 8.54. The van der Waals surface area contributed by atoms with E-state index in [1.165, 1.54) is 31.5 Å². The van der Waals surface area contributed by atoms with Gasteiger partial charge in [0.2, 0.25) is 17.6 Å². The van der Waals surface area contributed by atoms with Crippen LogP contribution in [0.3, 0.4) is 0 Å². The lowest BCUT2D eigenvalue weighted by molar-refractivity contribution is -0.127. The fourth-order valence-electron chi connectivity index (χ4n) is 5.21. The number of piperidine rings is 2. The van der Waals surface area contributed by atoms with Crippen molar-refractivity contribution < 1.29 is 9.32 Å². The van der Waals surface area contributed by atoms with Crippen molar-refractivity contribution in [3.05, 3.63) is 70.6 Å². The maximum atomic E-state index is 12.9. The van der Waals surface area contributed by atoms with Gasteiger partial charge < -0.3 is 9.84 Å². The summed E-state index contributed by atoms with van der Waals surface area (Å²) in [5.74, 6) is 2.04. The number of amides is 1. The normalized spacial score (nSPS) is 19.7. The SMILES string of the molecule is CC1CCN(Cc2ccc(CNC(=O)C3CCCN(Cc4nc(-c5ccc(Cl)cc5)no4)C3)cc2)CC1. The molecule has 2 aliphatic heterocycles. The summed E-state index contributed by atoms with van der Waals surface area (Å²) in [6.07, 6.45) is 4.46. The lowest BCUT2D eigenvalue weighted by Gasteiger charge is -2.31. The number of carbonyl (C=O) groups is 1. The van der Waals surface area contributed by atoms with Gasteiger partial charge in [0, 0.05) is 30.2 Å². The maximum absolute atomic E-state index is 12.9. The van der Waals surface area contributed by atoms with Crippen LogP contribution in [0.2, 0.25) is 5.02 Å². The molecule has 1 unspecified atom stereocenters. The highest BCUT2D eigenvalue weighted by Crippen LogP contribution is 2.22. The molecule has 0 bridgehead atoms. The fourth-order valence-corrected chi connectivity index (χ4v) is 5.34. The second-order valence-electron chi connectivity index (χ2n) is 10.6. The van der Waals surface area contributed by atoms with Crippen molar-refractivity contribution in [2.24, 2.45) is 11.8 Å². The molecule has 8 heteroatoms. The molecule has 0 spiro atoms. The third-order valence-electron chi connectivity index (χ3n) is 7.58. The number of hydrogen-bond donors (Lipinski definition) is 1. The Bertz CT molecular complexity index is 1160. The molecule has 3 aromatic rings. The standard InChI is InChI=1S/C29H36ClN5O2/c1-21-12-15-34(16-13-21)18-23-6-4-22(5-7-23)17-31-29(36)25-3-2-14-35(19-25)20-27-32-28(33-37-27)24-8-10-26(30)11-9-24/h4-11,21,25H,2-3,12-20H2,1H3,(H,31,36). The molecule has 1 N–H and O–H groups in total. The summed E-state index contributed by atoms with van der Waals surface area (Å²) in [6, 6.07) is 16.1. The van der Waals surface area contributed by atoms with Gasteiger partial charge in [-0.25, -0.2) is 0 Å². The molecule has 2 fully saturated rings. The van der Waals surface area contributed by atoms with Crippen LogP contribution in [0.25, 0.3) is 11.4 Å². The Morgan fingerprint density at radius 2 is 1.70 bits per heavy atom. The largest absolute Gasteiger partial charge is 0.352 e. The van der Waals surface area contributed by atoms with Gasteiger partial charge in [-0.1, -0.05) is 47.9 Å². The van der Waals surface area contributed by atoms with Crippen molar-refractivity contribution in [1.82, 2.24) is 25.3 Å². The topological polar surface area (TPSA) is 74.5 Å². The zero-order chi connectivity index (χ0) is 25.6. The molecule has 2 aromatic carbocycles. The third kappa shape index (κ3) is 7.18. The highest BCUT2D eigenvalue weighted by Gasteiger charge is 2.27. The van der Waals surface area contributed by atoms with Gasteiger partial charge in [0.25, 0.3) is 0 Å². The van der Waals surface area contributed by atoms with Crippen molar-refractivity contribution in [2.45, 2.75) is 52.2 Å². The first-order chi connectivity index (χ1) is 18.0. The quantitative estimate of drug-likeness (QED) is 0.442. The van der Waals surface area contributed by atoms with E-state index in [1.807, 2.05) is 24.3 Å². The predicted octanol–water partition coefficient (Wildman–Crippen LogP) is 5.15. The van der Waals surface area contributed by atoms with Crippen molar-refractivity contribution >= 4 is 17.5 Å². The van der Waals surface area contributed by atoms with E-state index in [2.05, 4.69) is 56.4 Å². The summed E-state index contributed by atoms with van der Waals surface area (Å²) >= 11 is 5.97. The summed E-state index contributed by atoms with van der Waals surface area (Å²) in [4.78, 5) is 22.2. The van der Waals surface area contributed by atoms with Crippen LogP contribution in [-0.2, 0) is 24.4 Å². The number of nitrogens with zero attached hydrogens (tertiary/aromatic N) is 4. The van der Waals surface area contributed by atoms with Gasteiger partial charge >= 0.3 is 0 Å². The summed E-state index contributed by atoms with van der Waals surface area (Å²) in [5, 5.41) is 7.92.